The van der Waals surface area contributed by atoms with Crippen LogP contribution < -0.4 is 0 Å². The number of carbonyl (C=O) groups is 1. The molecule has 1 aromatic rings. The number of carboxylic acid groups (broad SMARTS) is 1. The molecule has 0 radical (unpaired) electrons. The second-order valence-electron chi connectivity index (χ2n) is 5.35. The molecule has 120 valence electrons. The number of benzene rings is 1. The summed E-state index contributed by atoms with van der Waals surface area (Å²) in [5.41, 5.74) is 0.270. The summed E-state index contributed by atoms with van der Waals surface area (Å²) in [6, 6.07) is 2.70. The summed E-state index contributed by atoms with van der Waals surface area (Å²) in [6.45, 7) is 2.95. The molecule has 22 heavy (non-hydrogen) atoms. The molecule has 1 aromatic carbocycles. The van der Waals surface area contributed by atoms with Crippen molar-refractivity contribution >= 4 is 21.7 Å². The van der Waals surface area contributed by atoms with Gasteiger partial charge in [0.25, 0.3) is 5.69 Å². The van der Waals surface area contributed by atoms with E-state index in [1.54, 1.807) is 6.92 Å². The second-order valence-corrected chi connectivity index (χ2v) is 7.26. The molecule has 9 heteroatoms. The lowest BCUT2D eigenvalue weighted by Crippen LogP contribution is -2.30. The third-order valence-corrected chi connectivity index (χ3v) is 5.78. The van der Waals surface area contributed by atoms with Gasteiger partial charge in [-0.3, -0.25) is 14.9 Å². The smallest absolute Gasteiger partial charge is 0.307 e. The fourth-order valence-corrected chi connectivity index (χ4v) is 4.38. The van der Waals surface area contributed by atoms with Crippen LogP contribution >= 0.6 is 0 Å². The highest BCUT2D eigenvalue weighted by atomic mass is 32.2. The molecule has 2 rings (SSSR count). The molecule has 0 amide bonds. The standard InChI is InChI=1S/C13H16N2O6S/c1-8-5-11(15(18)19)9(2)12(6-8)22(20,21)14-4-3-10(7-14)13(16)17/h5-6,10H,3-4,7H2,1-2H3,(H,16,17). The Morgan fingerprint density at radius 2 is 2.05 bits per heavy atom. The maximum Gasteiger partial charge on any atom is 0.307 e. The van der Waals surface area contributed by atoms with Gasteiger partial charge in [0.05, 0.1) is 15.7 Å². The Morgan fingerprint density at radius 3 is 2.55 bits per heavy atom. The van der Waals surface area contributed by atoms with Crippen LogP contribution in [0.15, 0.2) is 17.0 Å². The van der Waals surface area contributed by atoms with Crippen LogP contribution in [0.2, 0.25) is 0 Å². The van der Waals surface area contributed by atoms with Crippen molar-refractivity contribution < 1.29 is 23.2 Å². The number of sulfonamides is 1. The molecule has 1 heterocycles. The van der Waals surface area contributed by atoms with Gasteiger partial charge in [0.2, 0.25) is 10.0 Å². The summed E-state index contributed by atoms with van der Waals surface area (Å²) >= 11 is 0. The van der Waals surface area contributed by atoms with Crippen LogP contribution in [-0.2, 0) is 14.8 Å². The summed E-state index contributed by atoms with van der Waals surface area (Å²) in [5, 5.41) is 20.0. The molecular weight excluding hydrogens is 312 g/mol. The van der Waals surface area contributed by atoms with Gasteiger partial charge in [-0.2, -0.15) is 4.31 Å². The molecule has 0 aromatic heterocycles. The fourth-order valence-electron chi connectivity index (χ4n) is 2.55. The van der Waals surface area contributed by atoms with Gasteiger partial charge in [-0.15, -0.1) is 0 Å². The summed E-state index contributed by atoms with van der Waals surface area (Å²) in [5.74, 6) is -1.78. The molecule has 1 saturated heterocycles. The number of aryl methyl sites for hydroxylation is 1. The summed E-state index contributed by atoms with van der Waals surface area (Å²) in [7, 11) is -3.95. The minimum absolute atomic E-state index is 0.0642. The highest BCUT2D eigenvalue weighted by molar-refractivity contribution is 7.89. The number of aliphatic carboxylic acids is 1. The number of carboxylic acids is 1. The van der Waals surface area contributed by atoms with Crippen molar-refractivity contribution in [1.29, 1.82) is 0 Å². The van der Waals surface area contributed by atoms with Gasteiger partial charge < -0.3 is 5.11 Å². The van der Waals surface area contributed by atoms with Crippen molar-refractivity contribution in [2.45, 2.75) is 25.2 Å². The normalized spacial score (nSPS) is 19.3. The molecule has 1 N–H and O–H groups in total. The highest BCUT2D eigenvalue weighted by Crippen LogP contribution is 2.31. The van der Waals surface area contributed by atoms with Gasteiger partial charge >= 0.3 is 5.97 Å². The van der Waals surface area contributed by atoms with Crippen molar-refractivity contribution in [2.24, 2.45) is 5.92 Å². The molecule has 0 saturated carbocycles. The van der Waals surface area contributed by atoms with E-state index in [0.29, 0.717) is 5.56 Å². The molecule has 1 aliphatic heterocycles. The lowest BCUT2D eigenvalue weighted by atomic mass is 10.1. The van der Waals surface area contributed by atoms with Crippen LogP contribution in [0.1, 0.15) is 17.5 Å². The van der Waals surface area contributed by atoms with E-state index in [2.05, 4.69) is 0 Å². The van der Waals surface area contributed by atoms with E-state index in [0.717, 1.165) is 4.31 Å². The second kappa shape index (κ2) is 5.65. The molecule has 1 atom stereocenters. The van der Waals surface area contributed by atoms with E-state index < -0.39 is 26.8 Å². The lowest BCUT2D eigenvalue weighted by molar-refractivity contribution is -0.385. The van der Waals surface area contributed by atoms with Gasteiger partial charge in [0.15, 0.2) is 0 Å². The first-order valence-electron chi connectivity index (χ1n) is 6.63. The third kappa shape index (κ3) is 2.81. The predicted octanol–water partition coefficient (Wildman–Crippen LogP) is 1.31. The first-order chi connectivity index (χ1) is 10.1. The number of nitro benzene ring substituents is 1. The van der Waals surface area contributed by atoms with Crippen molar-refractivity contribution in [3.63, 3.8) is 0 Å². The Bertz CT molecular complexity index is 743. The molecule has 0 spiro atoms. The molecule has 1 unspecified atom stereocenters. The quantitative estimate of drug-likeness (QED) is 0.657. The number of rotatable bonds is 4. The Hall–Kier alpha value is -2.00. The zero-order valence-corrected chi connectivity index (χ0v) is 13.0. The average molecular weight is 328 g/mol. The zero-order chi connectivity index (χ0) is 16.7. The predicted molar refractivity (Wildman–Crippen MR) is 77.1 cm³/mol. The molecule has 8 nitrogen and oxygen atoms in total. The van der Waals surface area contributed by atoms with E-state index in [9.17, 15) is 23.3 Å². The SMILES string of the molecule is Cc1cc([N+](=O)[O-])c(C)c(S(=O)(=O)N2CCC(C(=O)O)C2)c1. The molecule has 0 aliphatic carbocycles. The van der Waals surface area contributed by atoms with Crippen LogP contribution in [0, 0.1) is 29.9 Å². The molecule has 1 fully saturated rings. The molecule has 0 bridgehead atoms. The highest BCUT2D eigenvalue weighted by Gasteiger charge is 2.37. The molecular formula is C13H16N2O6S. The average Bonchev–Trinajstić information content (AvgIpc) is 2.91. The van der Waals surface area contributed by atoms with Gasteiger partial charge in [0.1, 0.15) is 0 Å². The van der Waals surface area contributed by atoms with Crippen LogP contribution in [0.5, 0.6) is 0 Å². The first kappa shape index (κ1) is 16.4. The van der Waals surface area contributed by atoms with Crippen molar-refractivity contribution in [1.82, 2.24) is 4.31 Å². The van der Waals surface area contributed by atoms with E-state index in [4.69, 9.17) is 5.11 Å². The van der Waals surface area contributed by atoms with Crippen molar-refractivity contribution in [3.8, 4) is 0 Å². The van der Waals surface area contributed by atoms with E-state index >= 15 is 0 Å². The number of hydrogen-bond acceptors (Lipinski definition) is 5. The lowest BCUT2D eigenvalue weighted by Gasteiger charge is -2.18. The minimum Gasteiger partial charge on any atom is -0.481 e. The Morgan fingerprint density at radius 1 is 1.41 bits per heavy atom. The number of nitro groups is 1. The van der Waals surface area contributed by atoms with Crippen LogP contribution in [0.4, 0.5) is 5.69 Å². The fraction of sp³-hybridized carbons (Fsp3) is 0.462. The van der Waals surface area contributed by atoms with E-state index in [-0.39, 0.29) is 35.7 Å². The summed E-state index contributed by atoms with van der Waals surface area (Å²) in [6.07, 6.45) is 0.238. The Labute approximate surface area is 127 Å². The molecule has 1 aliphatic rings. The zero-order valence-electron chi connectivity index (χ0n) is 12.1. The topological polar surface area (TPSA) is 118 Å². The Balaban J connectivity index is 2.47. The van der Waals surface area contributed by atoms with Gasteiger partial charge in [0, 0.05) is 24.7 Å². The summed E-state index contributed by atoms with van der Waals surface area (Å²) in [4.78, 5) is 21.2. The van der Waals surface area contributed by atoms with E-state index in [1.165, 1.54) is 19.1 Å². The Kier molecular flexibility index (Phi) is 4.21. The third-order valence-electron chi connectivity index (χ3n) is 3.79. The van der Waals surface area contributed by atoms with Crippen molar-refractivity contribution in [3.05, 3.63) is 33.4 Å². The first-order valence-corrected chi connectivity index (χ1v) is 8.07. The van der Waals surface area contributed by atoms with Gasteiger partial charge in [-0.25, -0.2) is 8.42 Å². The van der Waals surface area contributed by atoms with Crippen LogP contribution in [0.3, 0.4) is 0 Å². The maximum absolute atomic E-state index is 12.7. The van der Waals surface area contributed by atoms with E-state index in [1.807, 2.05) is 0 Å². The number of hydrogen-bond donors (Lipinski definition) is 1. The van der Waals surface area contributed by atoms with Gasteiger partial charge in [-0.05, 0) is 31.9 Å². The monoisotopic (exact) mass is 328 g/mol. The van der Waals surface area contributed by atoms with Crippen molar-refractivity contribution in [2.75, 3.05) is 13.1 Å². The van der Waals surface area contributed by atoms with Crippen LogP contribution in [0.25, 0.3) is 0 Å². The number of nitrogens with zero attached hydrogens (tertiary/aromatic N) is 2. The summed E-state index contributed by atoms with van der Waals surface area (Å²) < 4.78 is 26.4. The van der Waals surface area contributed by atoms with Crippen LogP contribution in [-0.4, -0.2) is 41.8 Å². The minimum atomic E-state index is -3.95. The van der Waals surface area contributed by atoms with Gasteiger partial charge in [-0.1, -0.05) is 0 Å². The maximum atomic E-state index is 12.7. The largest absolute Gasteiger partial charge is 0.481 e.